The number of anilines is 1. The van der Waals surface area contributed by atoms with Crippen LogP contribution in [0.5, 0.6) is 0 Å². The molecule has 2 aromatic heterocycles. The maximum Gasteiger partial charge on any atom is 0.332 e. The highest BCUT2D eigenvalue weighted by Crippen LogP contribution is 2.12. The van der Waals surface area contributed by atoms with Crippen LogP contribution in [0.3, 0.4) is 0 Å². The van der Waals surface area contributed by atoms with E-state index in [1.54, 1.807) is 12.1 Å². The van der Waals surface area contributed by atoms with Gasteiger partial charge in [0.15, 0.2) is 11.2 Å². The van der Waals surface area contributed by atoms with Crippen molar-refractivity contribution in [2.45, 2.75) is 6.54 Å². The number of imidazole rings is 1. The van der Waals surface area contributed by atoms with Crippen molar-refractivity contribution < 1.29 is 4.79 Å². The van der Waals surface area contributed by atoms with Gasteiger partial charge in [-0.2, -0.15) is 0 Å². The monoisotopic (exact) mass is 439 g/mol. The third kappa shape index (κ3) is 2.86. The molecule has 0 fully saturated rings. The fourth-order valence-corrected chi connectivity index (χ4v) is 2.76. The highest BCUT2D eigenvalue weighted by molar-refractivity contribution is 14.1. The number of hydrogen-bond donors (Lipinski definition) is 1. The first-order chi connectivity index (χ1) is 11.4. The molecule has 8 nitrogen and oxygen atoms in total. The Morgan fingerprint density at radius 3 is 2.50 bits per heavy atom. The van der Waals surface area contributed by atoms with E-state index >= 15 is 0 Å². The minimum absolute atomic E-state index is 0.0735. The Labute approximate surface area is 149 Å². The van der Waals surface area contributed by atoms with E-state index < -0.39 is 11.2 Å². The highest BCUT2D eigenvalue weighted by Gasteiger charge is 2.15. The number of benzene rings is 1. The number of fused-ring (bicyclic) bond motifs is 1. The van der Waals surface area contributed by atoms with Gasteiger partial charge in [0.2, 0.25) is 5.91 Å². The van der Waals surface area contributed by atoms with Crippen molar-refractivity contribution in [3.63, 3.8) is 0 Å². The number of halogens is 1. The van der Waals surface area contributed by atoms with Gasteiger partial charge >= 0.3 is 5.69 Å². The van der Waals surface area contributed by atoms with E-state index in [0.29, 0.717) is 5.69 Å². The van der Waals surface area contributed by atoms with Crippen molar-refractivity contribution in [1.29, 1.82) is 0 Å². The van der Waals surface area contributed by atoms with E-state index in [1.807, 2.05) is 12.1 Å². The van der Waals surface area contributed by atoms with Crippen LogP contribution in [0, 0.1) is 3.57 Å². The molecule has 1 N–H and O–H groups in total. The summed E-state index contributed by atoms with van der Waals surface area (Å²) in [5, 5.41) is 2.76. The van der Waals surface area contributed by atoms with E-state index in [0.717, 1.165) is 8.14 Å². The molecule has 124 valence electrons. The molecule has 0 spiro atoms. The summed E-state index contributed by atoms with van der Waals surface area (Å²) in [5.74, 6) is -0.286. The number of aromatic nitrogens is 4. The molecule has 0 unspecified atom stereocenters. The third-order valence-corrected chi connectivity index (χ3v) is 4.38. The number of amides is 1. The van der Waals surface area contributed by atoms with Crippen molar-refractivity contribution >= 4 is 45.3 Å². The summed E-state index contributed by atoms with van der Waals surface area (Å²) < 4.78 is 4.79. The second kappa shape index (κ2) is 6.23. The summed E-state index contributed by atoms with van der Waals surface area (Å²) in [6.45, 7) is -0.0735. The fraction of sp³-hybridized carbons (Fsp3) is 0.200. The molecule has 1 aromatic carbocycles. The summed E-state index contributed by atoms with van der Waals surface area (Å²) in [7, 11) is 2.93. The van der Waals surface area contributed by atoms with E-state index in [9.17, 15) is 14.4 Å². The van der Waals surface area contributed by atoms with Crippen molar-refractivity contribution in [3.8, 4) is 0 Å². The summed E-state index contributed by atoms with van der Waals surface area (Å²) >= 11 is 2.18. The summed E-state index contributed by atoms with van der Waals surface area (Å²) in [5.41, 5.74) is 0.210. The maximum atomic E-state index is 12.3. The van der Waals surface area contributed by atoms with E-state index in [-0.39, 0.29) is 23.6 Å². The Kier molecular flexibility index (Phi) is 4.26. The van der Waals surface area contributed by atoms with Crippen LogP contribution < -0.4 is 16.6 Å². The number of aryl methyl sites for hydroxylation is 1. The number of nitrogens with zero attached hydrogens (tertiary/aromatic N) is 4. The first-order valence-corrected chi connectivity index (χ1v) is 8.12. The van der Waals surface area contributed by atoms with Gasteiger partial charge in [-0.3, -0.25) is 18.7 Å². The van der Waals surface area contributed by atoms with Crippen LogP contribution in [0.25, 0.3) is 11.2 Å². The second-order valence-corrected chi connectivity index (χ2v) is 6.55. The largest absolute Gasteiger partial charge is 0.332 e. The van der Waals surface area contributed by atoms with Crippen LogP contribution in [-0.4, -0.2) is 24.6 Å². The zero-order chi connectivity index (χ0) is 17.4. The van der Waals surface area contributed by atoms with E-state index in [2.05, 4.69) is 32.9 Å². The average Bonchev–Trinajstić information content (AvgIpc) is 2.96. The van der Waals surface area contributed by atoms with Gasteiger partial charge in [-0.25, -0.2) is 9.78 Å². The number of rotatable bonds is 3. The highest BCUT2D eigenvalue weighted by atomic mass is 127. The van der Waals surface area contributed by atoms with Gasteiger partial charge in [0.25, 0.3) is 5.56 Å². The first-order valence-electron chi connectivity index (χ1n) is 7.04. The Balaban J connectivity index is 1.93. The molecule has 3 aromatic rings. The third-order valence-electron chi connectivity index (χ3n) is 3.66. The number of carbonyl (C=O) groups excluding carboxylic acids is 1. The molecule has 0 aliphatic heterocycles. The molecule has 0 radical (unpaired) electrons. The lowest BCUT2D eigenvalue weighted by Gasteiger charge is -2.08. The van der Waals surface area contributed by atoms with Gasteiger partial charge < -0.3 is 9.88 Å². The molecule has 0 aliphatic carbocycles. The predicted molar refractivity (Wildman–Crippen MR) is 98.0 cm³/mol. The van der Waals surface area contributed by atoms with Crippen LogP contribution in [-0.2, 0) is 25.4 Å². The molecule has 2 heterocycles. The first kappa shape index (κ1) is 16.4. The summed E-state index contributed by atoms with van der Waals surface area (Å²) in [6.07, 6.45) is 1.39. The van der Waals surface area contributed by atoms with E-state index in [4.69, 9.17) is 0 Å². The van der Waals surface area contributed by atoms with Crippen molar-refractivity contribution in [2.24, 2.45) is 14.1 Å². The van der Waals surface area contributed by atoms with E-state index in [1.165, 1.54) is 29.6 Å². The van der Waals surface area contributed by atoms with Gasteiger partial charge in [-0.1, -0.05) is 0 Å². The topological polar surface area (TPSA) is 90.9 Å². The zero-order valence-corrected chi connectivity index (χ0v) is 15.1. The maximum absolute atomic E-state index is 12.3. The Morgan fingerprint density at radius 2 is 1.83 bits per heavy atom. The molecule has 0 bridgehead atoms. The smallest absolute Gasteiger partial charge is 0.325 e. The summed E-state index contributed by atoms with van der Waals surface area (Å²) in [4.78, 5) is 40.5. The van der Waals surface area contributed by atoms with Crippen LogP contribution in [0.2, 0.25) is 0 Å². The van der Waals surface area contributed by atoms with Crippen LogP contribution >= 0.6 is 22.6 Å². The lowest BCUT2D eigenvalue weighted by molar-refractivity contribution is -0.116. The zero-order valence-electron chi connectivity index (χ0n) is 13.0. The van der Waals surface area contributed by atoms with Crippen molar-refractivity contribution in [3.05, 3.63) is 55.0 Å². The van der Waals surface area contributed by atoms with Crippen LogP contribution in [0.15, 0.2) is 40.2 Å². The van der Waals surface area contributed by atoms with Crippen LogP contribution in [0.1, 0.15) is 0 Å². The quantitative estimate of drug-likeness (QED) is 0.608. The minimum Gasteiger partial charge on any atom is -0.325 e. The molecular formula is C15H14IN5O3. The molecule has 0 saturated carbocycles. The number of hydrogen-bond acceptors (Lipinski definition) is 4. The molecule has 9 heteroatoms. The van der Waals surface area contributed by atoms with Crippen LogP contribution in [0.4, 0.5) is 5.69 Å². The summed E-state index contributed by atoms with van der Waals surface area (Å²) in [6, 6.07) is 7.37. The van der Waals surface area contributed by atoms with Gasteiger partial charge in [-0.15, -0.1) is 0 Å². The number of carbonyl (C=O) groups is 1. The molecular weight excluding hydrogens is 425 g/mol. The van der Waals surface area contributed by atoms with Gasteiger partial charge in [0, 0.05) is 23.4 Å². The molecule has 1 amide bonds. The Hall–Kier alpha value is -2.43. The fourth-order valence-electron chi connectivity index (χ4n) is 2.41. The molecule has 24 heavy (non-hydrogen) atoms. The van der Waals surface area contributed by atoms with Gasteiger partial charge in [0.1, 0.15) is 6.54 Å². The second-order valence-electron chi connectivity index (χ2n) is 5.31. The Bertz CT molecular complexity index is 1050. The predicted octanol–water partition coefficient (Wildman–Crippen LogP) is 0.677. The lowest BCUT2D eigenvalue weighted by atomic mass is 10.3. The van der Waals surface area contributed by atoms with Gasteiger partial charge in [-0.05, 0) is 46.9 Å². The lowest BCUT2D eigenvalue weighted by Crippen LogP contribution is -2.37. The Morgan fingerprint density at radius 1 is 1.17 bits per heavy atom. The number of nitrogens with one attached hydrogen (secondary N) is 1. The van der Waals surface area contributed by atoms with Gasteiger partial charge in [0.05, 0.1) is 6.33 Å². The standard InChI is InChI=1S/C15H14IN5O3/c1-19-13-12(14(23)20(2)15(19)24)21(8-17-13)7-11(22)18-10-5-3-9(16)4-6-10/h3-6,8H,7H2,1-2H3,(H,18,22). The normalized spacial score (nSPS) is 11.0. The van der Waals surface area contributed by atoms with Crippen molar-refractivity contribution in [2.75, 3.05) is 5.32 Å². The molecule has 0 aliphatic rings. The average molecular weight is 439 g/mol. The molecule has 3 rings (SSSR count). The van der Waals surface area contributed by atoms with Crippen molar-refractivity contribution in [1.82, 2.24) is 18.7 Å². The molecule has 0 saturated heterocycles. The SMILES string of the molecule is Cn1c(=O)c2c(ncn2CC(=O)Nc2ccc(I)cc2)n(C)c1=O. The minimum atomic E-state index is -0.479. The molecule has 0 atom stereocenters.